The Morgan fingerprint density at radius 2 is 1.88 bits per heavy atom. The number of benzene rings is 1. The van der Waals surface area contributed by atoms with Gasteiger partial charge in [-0.1, -0.05) is 12.1 Å². The molecule has 2 rings (SSSR count). The van der Waals surface area contributed by atoms with E-state index in [1.807, 2.05) is 0 Å². The Morgan fingerprint density at radius 3 is 2.38 bits per heavy atom. The second-order valence-electron chi connectivity index (χ2n) is 3.56. The minimum atomic E-state index is -4.28. The number of halogens is 3. The lowest BCUT2D eigenvalue weighted by atomic mass is 10.1. The maximum atomic E-state index is 12.3. The van der Waals surface area contributed by atoms with Crippen LogP contribution in [0.15, 0.2) is 29.3 Å². The van der Waals surface area contributed by atoms with Crippen LogP contribution < -0.4 is 0 Å². The number of hydrogen-bond donors (Lipinski definition) is 0. The van der Waals surface area contributed by atoms with Gasteiger partial charge in [0, 0.05) is 0 Å². The molecule has 1 aromatic rings. The number of nitrogens with zero attached hydrogens (tertiary/aromatic N) is 1. The van der Waals surface area contributed by atoms with Gasteiger partial charge >= 0.3 is 6.18 Å². The van der Waals surface area contributed by atoms with Gasteiger partial charge in [-0.15, -0.1) is 0 Å². The summed E-state index contributed by atoms with van der Waals surface area (Å²) in [4.78, 5) is 4.19. The third-order valence-corrected chi connectivity index (χ3v) is 2.42. The first-order valence-electron chi connectivity index (χ1n) is 4.89. The molecular formula is C11H11F3NO+. The molecule has 1 aliphatic rings. The number of rotatable bonds is 1. The van der Waals surface area contributed by atoms with Crippen molar-refractivity contribution < 1.29 is 17.9 Å². The van der Waals surface area contributed by atoms with E-state index >= 15 is 0 Å². The Morgan fingerprint density at radius 1 is 1.19 bits per heavy atom. The summed E-state index contributed by atoms with van der Waals surface area (Å²) in [5, 5.41) is 0. The zero-order valence-electron chi connectivity index (χ0n) is 8.41. The fourth-order valence-corrected chi connectivity index (χ4v) is 1.56. The molecule has 86 valence electrons. The van der Waals surface area contributed by atoms with Gasteiger partial charge < -0.3 is 4.74 Å². The zero-order chi connectivity index (χ0) is 11.6. The van der Waals surface area contributed by atoms with E-state index in [1.54, 1.807) is 6.21 Å². The molecule has 2 nitrogen and oxygen atoms in total. The number of aliphatic hydroxyl groups is 2. The summed E-state index contributed by atoms with van der Waals surface area (Å²) in [6, 6.07) is 4.96. The topological polar surface area (TPSA) is 25.2 Å². The molecule has 1 aliphatic heterocycles. The van der Waals surface area contributed by atoms with E-state index in [0.29, 0.717) is 13.2 Å². The van der Waals surface area contributed by atoms with Crippen LogP contribution >= 0.6 is 0 Å². The summed E-state index contributed by atoms with van der Waals surface area (Å²) in [6.07, 6.45) is -2.59. The second-order valence-corrected chi connectivity index (χ2v) is 3.56. The Hall–Kier alpha value is -1.36. The third-order valence-electron chi connectivity index (χ3n) is 2.42. The molecule has 1 aromatic carbocycles. The molecule has 0 bridgehead atoms. The van der Waals surface area contributed by atoms with Gasteiger partial charge in [0.25, 0.3) is 0 Å². The van der Waals surface area contributed by atoms with Crippen LogP contribution in [0.1, 0.15) is 17.2 Å². The molecule has 0 amide bonds. The fourth-order valence-electron chi connectivity index (χ4n) is 1.56. The van der Waals surface area contributed by atoms with Crippen molar-refractivity contribution >= 4 is 6.21 Å². The molecule has 5 heteroatoms. The van der Waals surface area contributed by atoms with Gasteiger partial charge in [-0.05, 0) is 17.7 Å². The van der Waals surface area contributed by atoms with Gasteiger partial charge in [-0.25, -0.2) is 0 Å². The quantitative estimate of drug-likeness (QED) is 0.662. The van der Waals surface area contributed by atoms with Crippen molar-refractivity contribution in [2.24, 2.45) is 4.99 Å². The van der Waals surface area contributed by atoms with E-state index in [0.717, 1.165) is 17.7 Å². The smallest absolute Gasteiger partial charge is 0.416 e. The predicted octanol–water partition coefficient (Wildman–Crippen LogP) is 2.36. The highest BCUT2D eigenvalue weighted by atomic mass is 19.4. The van der Waals surface area contributed by atoms with Crippen LogP contribution in [0.2, 0.25) is 0 Å². The lowest BCUT2D eigenvalue weighted by Gasteiger charge is -2.14. The summed E-state index contributed by atoms with van der Waals surface area (Å²) in [6.45, 7) is 1.14. The van der Waals surface area contributed by atoms with Gasteiger partial charge in [-0.3, -0.25) is 4.99 Å². The summed E-state index contributed by atoms with van der Waals surface area (Å²) < 4.78 is 41.1. The maximum Gasteiger partial charge on any atom is 0.416 e. The van der Waals surface area contributed by atoms with Crippen molar-refractivity contribution in [1.29, 1.82) is 0 Å². The molecule has 1 N–H and O–H groups in total. The molecule has 0 aromatic heterocycles. The lowest BCUT2D eigenvalue weighted by molar-refractivity contribution is -0.137. The van der Waals surface area contributed by atoms with E-state index in [9.17, 15) is 13.2 Å². The second kappa shape index (κ2) is 4.25. The van der Waals surface area contributed by atoms with E-state index in [-0.39, 0.29) is 6.04 Å². The van der Waals surface area contributed by atoms with Crippen LogP contribution in [0.4, 0.5) is 13.2 Å². The van der Waals surface area contributed by atoms with Crippen LogP contribution in [0.3, 0.4) is 0 Å². The monoisotopic (exact) mass is 230 g/mol. The normalized spacial score (nSPS) is 21.1. The standard InChI is InChI=1S/C11H10F3NO/c12-11(13,14)9-3-1-8(2-4-9)10-7-16-6-5-15-10/h1-5,10H,6-7H2/p+1/t10-/m1/s1. The van der Waals surface area contributed by atoms with Crippen molar-refractivity contribution in [3.05, 3.63) is 35.4 Å². The van der Waals surface area contributed by atoms with Gasteiger partial charge in [0.15, 0.2) is 13.2 Å². The number of ether oxygens (including phenoxy) is 1. The molecule has 0 aliphatic carbocycles. The summed E-state index contributed by atoms with van der Waals surface area (Å²) in [5.74, 6) is 0. The molecule has 0 radical (unpaired) electrons. The van der Waals surface area contributed by atoms with Crippen molar-refractivity contribution in [1.82, 2.24) is 0 Å². The molecule has 0 saturated carbocycles. The molecule has 0 spiro atoms. The molecule has 16 heavy (non-hydrogen) atoms. The first kappa shape index (κ1) is 11.1. The minimum Gasteiger partial charge on any atom is -0.428 e. The van der Waals surface area contributed by atoms with Crippen molar-refractivity contribution in [3.8, 4) is 0 Å². The lowest BCUT2D eigenvalue weighted by Crippen LogP contribution is -2.17. The van der Waals surface area contributed by atoms with Crippen molar-refractivity contribution in [2.45, 2.75) is 12.2 Å². The summed E-state index contributed by atoms with van der Waals surface area (Å²) in [7, 11) is 0. The Balaban J connectivity index is 2.19. The number of hydrogen-bond acceptors (Lipinski definition) is 1. The van der Waals surface area contributed by atoms with Crippen LogP contribution in [0.25, 0.3) is 0 Å². The first-order chi connectivity index (χ1) is 7.57. The minimum absolute atomic E-state index is 0.129. The van der Waals surface area contributed by atoms with Gasteiger partial charge in [0.05, 0.1) is 11.8 Å². The van der Waals surface area contributed by atoms with E-state index in [1.165, 1.54) is 12.1 Å². The maximum absolute atomic E-state index is 12.3. The van der Waals surface area contributed by atoms with Crippen LogP contribution in [-0.4, -0.2) is 24.2 Å². The Kier molecular flexibility index (Phi) is 2.96. The van der Waals surface area contributed by atoms with Crippen LogP contribution in [0, 0.1) is 0 Å². The average Bonchev–Trinajstić information content (AvgIpc) is 2.29. The first-order valence-corrected chi connectivity index (χ1v) is 4.89. The predicted molar refractivity (Wildman–Crippen MR) is 54.6 cm³/mol. The largest absolute Gasteiger partial charge is 0.428 e. The third kappa shape index (κ3) is 2.41. The molecule has 0 saturated heterocycles. The highest BCUT2D eigenvalue weighted by Crippen LogP contribution is 2.30. The molecule has 1 heterocycles. The number of alkyl halides is 3. The Labute approximate surface area is 90.8 Å². The summed E-state index contributed by atoms with van der Waals surface area (Å²) >= 11 is 0. The average molecular weight is 230 g/mol. The SMILES string of the molecule is FC(F)(F)c1ccc([C@H]2C[OH+]CC=N2)cc1. The fraction of sp³-hybridized carbons (Fsp3) is 0.364. The molecule has 0 unspecified atom stereocenters. The number of aliphatic imine (C=N–C) groups is 1. The van der Waals surface area contributed by atoms with E-state index < -0.39 is 11.7 Å². The van der Waals surface area contributed by atoms with Crippen LogP contribution in [-0.2, 0) is 6.18 Å². The van der Waals surface area contributed by atoms with Crippen molar-refractivity contribution in [3.63, 3.8) is 0 Å². The summed E-state index contributed by atoms with van der Waals surface area (Å²) in [5.41, 5.74) is 0.140. The van der Waals surface area contributed by atoms with Gasteiger partial charge in [0.2, 0.25) is 0 Å². The van der Waals surface area contributed by atoms with Gasteiger partial charge in [-0.2, -0.15) is 13.2 Å². The molecule has 1 atom stereocenters. The zero-order valence-corrected chi connectivity index (χ0v) is 8.41. The highest BCUT2D eigenvalue weighted by Gasteiger charge is 2.30. The Bertz CT molecular complexity index is 383. The van der Waals surface area contributed by atoms with E-state index in [2.05, 4.69) is 9.73 Å². The van der Waals surface area contributed by atoms with Crippen molar-refractivity contribution in [2.75, 3.05) is 13.2 Å². The molecular weight excluding hydrogens is 219 g/mol. The molecule has 0 fully saturated rings. The highest BCUT2D eigenvalue weighted by molar-refractivity contribution is 5.59. The van der Waals surface area contributed by atoms with Crippen LogP contribution in [0.5, 0.6) is 0 Å². The van der Waals surface area contributed by atoms with Gasteiger partial charge in [0.1, 0.15) is 6.04 Å². The van der Waals surface area contributed by atoms with E-state index in [4.69, 9.17) is 0 Å².